The average Bonchev–Trinajstić information content (AvgIpc) is 2.33. The van der Waals surface area contributed by atoms with E-state index in [0.717, 1.165) is 16.8 Å². The fraction of sp³-hybridized carbons (Fsp3) is 0.267. The van der Waals surface area contributed by atoms with Crippen molar-refractivity contribution in [1.29, 1.82) is 0 Å². The van der Waals surface area contributed by atoms with Gasteiger partial charge in [0.05, 0.1) is 0 Å². The van der Waals surface area contributed by atoms with Gasteiger partial charge in [-0.1, -0.05) is 18.2 Å². The Morgan fingerprint density at radius 1 is 1.00 bits per heavy atom. The lowest BCUT2D eigenvalue weighted by molar-refractivity contribution is 1.14. The SMILES string of the molecule is Cc1ccc(-c2cnc(C)c(CCl)c2)cc1C.Cl. The van der Waals surface area contributed by atoms with Crippen LogP contribution in [0, 0.1) is 20.8 Å². The van der Waals surface area contributed by atoms with Crippen LogP contribution in [0.5, 0.6) is 0 Å². The first-order valence-corrected chi connectivity index (χ1v) is 6.24. The maximum absolute atomic E-state index is 5.91. The van der Waals surface area contributed by atoms with Gasteiger partial charge in [0.25, 0.3) is 0 Å². The number of alkyl halides is 1. The standard InChI is InChI=1S/C15H16ClN.ClH/c1-10-4-5-13(6-11(10)2)15-7-14(8-16)12(3)17-9-15;/h4-7,9H,8H2,1-3H3;1H. The molecule has 96 valence electrons. The van der Waals surface area contributed by atoms with Crippen LogP contribution in [0.4, 0.5) is 0 Å². The lowest BCUT2D eigenvalue weighted by atomic mass is 10.0. The Morgan fingerprint density at radius 3 is 2.33 bits per heavy atom. The largest absolute Gasteiger partial charge is 0.261 e. The zero-order chi connectivity index (χ0) is 12.4. The minimum atomic E-state index is 0. The van der Waals surface area contributed by atoms with Gasteiger partial charge in [0.15, 0.2) is 0 Å². The zero-order valence-corrected chi connectivity index (χ0v) is 12.4. The van der Waals surface area contributed by atoms with Gasteiger partial charge in [-0.2, -0.15) is 0 Å². The summed E-state index contributed by atoms with van der Waals surface area (Å²) < 4.78 is 0. The predicted octanol–water partition coefficient (Wildman–Crippen LogP) is 4.83. The smallest absolute Gasteiger partial charge is 0.0492 e. The molecule has 2 rings (SSSR count). The molecule has 0 amide bonds. The van der Waals surface area contributed by atoms with E-state index in [0.29, 0.717) is 5.88 Å². The molecule has 1 aromatic carbocycles. The van der Waals surface area contributed by atoms with Crippen LogP contribution >= 0.6 is 24.0 Å². The van der Waals surface area contributed by atoms with E-state index in [1.54, 1.807) is 0 Å². The molecule has 0 fully saturated rings. The number of rotatable bonds is 2. The predicted molar refractivity (Wildman–Crippen MR) is 80.7 cm³/mol. The van der Waals surface area contributed by atoms with Gasteiger partial charge in [-0.05, 0) is 49.1 Å². The summed E-state index contributed by atoms with van der Waals surface area (Å²) in [6.45, 7) is 6.24. The second kappa shape index (κ2) is 6.21. The van der Waals surface area contributed by atoms with Gasteiger partial charge < -0.3 is 0 Å². The van der Waals surface area contributed by atoms with Crippen LogP contribution in [0.2, 0.25) is 0 Å². The van der Waals surface area contributed by atoms with Gasteiger partial charge in [0.2, 0.25) is 0 Å². The van der Waals surface area contributed by atoms with Crippen molar-refractivity contribution in [2.75, 3.05) is 0 Å². The number of halogens is 2. The lowest BCUT2D eigenvalue weighted by Gasteiger charge is -2.08. The van der Waals surface area contributed by atoms with Crippen LogP contribution in [0.3, 0.4) is 0 Å². The number of hydrogen-bond acceptors (Lipinski definition) is 1. The molecule has 2 aromatic rings. The Hall–Kier alpha value is -1.05. The average molecular weight is 282 g/mol. The van der Waals surface area contributed by atoms with Crippen LogP contribution in [0.15, 0.2) is 30.5 Å². The second-order valence-corrected chi connectivity index (χ2v) is 4.67. The fourth-order valence-electron chi connectivity index (χ4n) is 1.79. The van der Waals surface area contributed by atoms with Crippen molar-refractivity contribution in [3.8, 4) is 11.1 Å². The molecule has 0 bridgehead atoms. The summed E-state index contributed by atoms with van der Waals surface area (Å²) in [4.78, 5) is 4.39. The molecule has 0 aliphatic heterocycles. The van der Waals surface area contributed by atoms with E-state index >= 15 is 0 Å². The number of nitrogens with zero attached hydrogens (tertiary/aromatic N) is 1. The number of pyridine rings is 1. The summed E-state index contributed by atoms with van der Waals surface area (Å²) in [7, 11) is 0. The summed E-state index contributed by atoms with van der Waals surface area (Å²) >= 11 is 5.91. The quantitative estimate of drug-likeness (QED) is 0.718. The Labute approximate surface area is 120 Å². The Morgan fingerprint density at radius 2 is 1.72 bits per heavy atom. The molecule has 0 radical (unpaired) electrons. The van der Waals surface area contributed by atoms with Gasteiger partial charge in [0, 0.05) is 23.3 Å². The van der Waals surface area contributed by atoms with E-state index in [4.69, 9.17) is 11.6 Å². The molecule has 1 aromatic heterocycles. The molecule has 1 nitrogen and oxygen atoms in total. The highest BCUT2D eigenvalue weighted by Gasteiger charge is 2.04. The second-order valence-electron chi connectivity index (χ2n) is 4.40. The number of benzene rings is 1. The maximum atomic E-state index is 5.91. The van der Waals surface area contributed by atoms with Crippen molar-refractivity contribution in [3.63, 3.8) is 0 Å². The molecule has 0 saturated carbocycles. The summed E-state index contributed by atoms with van der Waals surface area (Å²) in [6, 6.07) is 8.59. The number of hydrogen-bond donors (Lipinski definition) is 0. The van der Waals surface area contributed by atoms with Crippen molar-refractivity contribution < 1.29 is 0 Å². The van der Waals surface area contributed by atoms with Gasteiger partial charge >= 0.3 is 0 Å². The molecule has 0 aliphatic rings. The maximum Gasteiger partial charge on any atom is 0.0492 e. The van der Waals surface area contributed by atoms with Gasteiger partial charge in [0.1, 0.15) is 0 Å². The van der Waals surface area contributed by atoms with Crippen LogP contribution in [0.25, 0.3) is 11.1 Å². The molecule has 3 heteroatoms. The molecule has 0 aliphatic carbocycles. The summed E-state index contributed by atoms with van der Waals surface area (Å²) in [5.74, 6) is 0.511. The lowest BCUT2D eigenvalue weighted by Crippen LogP contribution is -1.91. The van der Waals surface area contributed by atoms with Gasteiger partial charge in [-0.15, -0.1) is 24.0 Å². The van der Waals surface area contributed by atoms with Crippen molar-refractivity contribution in [2.45, 2.75) is 26.7 Å². The molecule has 18 heavy (non-hydrogen) atoms. The minimum absolute atomic E-state index is 0. The van der Waals surface area contributed by atoms with E-state index in [-0.39, 0.29) is 12.4 Å². The molecule has 0 spiro atoms. The van der Waals surface area contributed by atoms with E-state index in [1.165, 1.54) is 16.7 Å². The highest BCUT2D eigenvalue weighted by Crippen LogP contribution is 2.23. The first-order chi connectivity index (χ1) is 8.11. The first kappa shape index (κ1) is 15.0. The van der Waals surface area contributed by atoms with Crippen molar-refractivity contribution in [1.82, 2.24) is 4.98 Å². The van der Waals surface area contributed by atoms with Crippen molar-refractivity contribution >= 4 is 24.0 Å². The molecule has 0 atom stereocenters. The molecular weight excluding hydrogens is 265 g/mol. The van der Waals surface area contributed by atoms with E-state index in [2.05, 4.69) is 43.1 Å². The Kier molecular flexibility index (Phi) is 5.18. The highest BCUT2D eigenvalue weighted by molar-refractivity contribution is 6.17. The third-order valence-electron chi connectivity index (χ3n) is 3.18. The minimum Gasteiger partial charge on any atom is -0.261 e. The van der Waals surface area contributed by atoms with Gasteiger partial charge in [-0.3, -0.25) is 4.98 Å². The monoisotopic (exact) mass is 281 g/mol. The summed E-state index contributed by atoms with van der Waals surface area (Å²) in [5.41, 5.74) is 7.05. The van der Waals surface area contributed by atoms with Crippen LogP contribution < -0.4 is 0 Å². The molecule has 1 heterocycles. The number of aryl methyl sites for hydroxylation is 3. The molecule has 0 saturated heterocycles. The highest BCUT2D eigenvalue weighted by atomic mass is 35.5. The fourth-order valence-corrected chi connectivity index (χ4v) is 2.06. The van der Waals surface area contributed by atoms with E-state index in [1.807, 2.05) is 13.1 Å². The third kappa shape index (κ3) is 3.04. The molecule has 0 unspecified atom stereocenters. The molecule has 0 N–H and O–H groups in total. The topological polar surface area (TPSA) is 12.9 Å². The zero-order valence-electron chi connectivity index (χ0n) is 10.8. The normalized spacial score (nSPS) is 10.0. The summed E-state index contributed by atoms with van der Waals surface area (Å²) in [5, 5.41) is 0. The van der Waals surface area contributed by atoms with Crippen LogP contribution in [0.1, 0.15) is 22.4 Å². The van der Waals surface area contributed by atoms with E-state index in [9.17, 15) is 0 Å². The summed E-state index contributed by atoms with van der Waals surface area (Å²) in [6.07, 6.45) is 1.91. The van der Waals surface area contributed by atoms with E-state index < -0.39 is 0 Å². The third-order valence-corrected chi connectivity index (χ3v) is 3.46. The first-order valence-electron chi connectivity index (χ1n) is 5.71. The molecular formula is C15H17Cl2N. The van der Waals surface area contributed by atoms with Crippen molar-refractivity contribution in [3.05, 3.63) is 52.8 Å². The number of aromatic nitrogens is 1. The van der Waals surface area contributed by atoms with Crippen molar-refractivity contribution in [2.24, 2.45) is 0 Å². The van der Waals surface area contributed by atoms with Crippen LogP contribution in [-0.2, 0) is 5.88 Å². The van der Waals surface area contributed by atoms with Gasteiger partial charge in [-0.25, -0.2) is 0 Å². The van der Waals surface area contributed by atoms with Crippen LogP contribution in [-0.4, -0.2) is 4.98 Å². The Balaban J connectivity index is 0.00000162. The Bertz CT molecular complexity index is 550.